The van der Waals surface area contributed by atoms with Crippen LogP contribution in [0.1, 0.15) is 18.7 Å². The maximum absolute atomic E-state index is 5.24. The monoisotopic (exact) mass is 274 g/mol. The van der Waals surface area contributed by atoms with E-state index >= 15 is 0 Å². The van der Waals surface area contributed by atoms with E-state index in [4.69, 9.17) is 4.42 Å². The van der Waals surface area contributed by atoms with Crippen molar-refractivity contribution in [2.75, 3.05) is 16.8 Å². The van der Waals surface area contributed by atoms with Crippen molar-refractivity contribution in [3.05, 3.63) is 36.4 Å². The van der Waals surface area contributed by atoms with E-state index in [9.17, 15) is 0 Å². The van der Waals surface area contributed by atoms with Gasteiger partial charge in [-0.15, -0.1) is 0 Å². The minimum absolute atomic E-state index is 0.610. The van der Waals surface area contributed by atoms with Crippen molar-refractivity contribution in [2.45, 2.75) is 25.8 Å². The van der Waals surface area contributed by atoms with Gasteiger partial charge in [-0.25, -0.2) is 4.98 Å². The summed E-state index contributed by atoms with van der Waals surface area (Å²) in [5, 5.41) is 3.60. The van der Waals surface area contributed by atoms with Crippen LogP contribution in [0, 0.1) is 6.92 Å². The van der Waals surface area contributed by atoms with Gasteiger partial charge in [-0.1, -0.05) is 12.1 Å². The molecular formula is C15H18N2OS. The summed E-state index contributed by atoms with van der Waals surface area (Å²) >= 11 is 2.04. The zero-order valence-electron chi connectivity index (χ0n) is 11.1. The minimum Gasteiger partial charge on any atom is -0.449 e. The molecule has 0 aliphatic carbocycles. The van der Waals surface area contributed by atoms with Gasteiger partial charge in [0, 0.05) is 30.0 Å². The summed E-state index contributed by atoms with van der Waals surface area (Å²) in [5.74, 6) is 3.23. The number of aryl methyl sites for hydroxylation is 1. The number of nitrogens with one attached hydrogen (secondary N) is 1. The smallest absolute Gasteiger partial charge is 0.191 e. The molecule has 100 valence electrons. The molecule has 1 aromatic heterocycles. The summed E-state index contributed by atoms with van der Waals surface area (Å²) in [6, 6.07) is 9.04. The summed E-state index contributed by atoms with van der Waals surface area (Å²) in [6.45, 7) is 1.86. The SMILES string of the molecule is Cc1nc(-c2ccc(NC3CCCSC3)cc2)co1. The number of benzene rings is 1. The van der Waals surface area contributed by atoms with Gasteiger partial charge in [-0.05, 0) is 30.7 Å². The zero-order chi connectivity index (χ0) is 13.1. The highest BCUT2D eigenvalue weighted by atomic mass is 32.2. The van der Waals surface area contributed by atoms with Crippen LogP contribution in [0.5, 0.6) is 0 Å². The van der Waals surface area contributed by atoms with E-state index in [1.165, 1.54) is 30.0 Å². The molecule has 19 heavy (non-hydrogen) atoms. The molecule has 1 aromatic carbocycles. The van der Waals surface area contributed by atoms with Crippen LogP contribution in [0.4, 0.5) is 5.69 Å². The molecule has 0 bridgehead atoms. The highest BCUT2D eigenvalue weighted by Crippen LogP contribution is 2.24. The number of aromatic nitrogens is 1. The molecule has 1 unspecified atom stereocenters. The normalized spacial score (nSPS) is 19.3. The van der Waals surface area contributed by atoms with Crippen LogP contribution < -0.4 is 5.32 Å². The molecule has 0 spiro atoms. The first-order valence-electron chi connectivity index (χ1n) is 6.68. The van der Waals surface area contributed by atoms with Gasteiger partial charge in [0.25, 0.3) is 0 Å². The highest BCUT2D eigenvalue weighted by molar-refractivity contribution is 7.99. The molecular weight excluding hydrogens is 256 g/mol. The lowest BCUT2D eigenvalue weighted by Crippen LogP contribution is -2.25. The van der Waals surface area contributed by atoms with E-state index in [0.29, 0.717) is 11.9 Å². The fourth-order valence-electron chi connectivity index (χ4n) is 2.32. The first kappa shape index (κ1) is 12.6. The lowest BCUT2D eigenvalue weighted by Gasteiger charge is -2.23. The Bertz CT molecular complexity index is 529. The third-order valence-electron chi connectivity index (χ3n) is 3.33. The van der Waals surface area contributed by atoms with Gasteiger partial charge < -0.3 is 9.73 Å². The standard InChI is InChI=1S/C15H18N2OS/c1-11-16-15(9-18-11)12-4-6-13(7-5-12)17-14-3-2-8-19-10-14/h4-7,9,14,17H,2-3,8,10H2,1H3. The van der Waals surface area contributed by atoms with Crippen LogP contribution in [-0.2, 0) is 0 Å². The molecule has 1 aliphatic heterocycles. The fourth-order valence-corrected chi connectivity index (χ4v) is 3.40. The second kappa shape index (κ2) is 5.70. The topological polar surface area (TPSA) is 38.1 Å². The highest BCUT2D eigenvalue weighted by Gasteiger charge is 2.13. The number of nitrogens with zero attached hydrogens (tertiary/aromatic N) is 1. The molecule has 1 saturated heterocycles. The summed E-state index contributed by atoms with van der Waals surface area (Å²) in [6.07, 6.45) is 4.30. The zero-order valence-corrected chi connectivity index (χ0v) is 11.9. The predicted octanol–water partition coefficient (Wildman–Crippen LogP) is 3.96. The van der Waals surface area contributed by atoms with Crippen LogP contribution in [0.15, 0.2) is 34.9 Å². The maximum atomic E-state index is 5.24. The average molecular weight is 274 g/mol. The van der Waals surface area contributed by atoms with Gasteiger partial charge in [0.1, 0.15) is 12.0 Å². The van der Waals surface area contributed by atoms with E-state index in [0.717, 1.165) is 11.3 Å². The molecule has 4 heteroatoms. The van der Waals surface area contributed by atoms with Gasteiger partial charge >= 0.3 is 0 Å². The van der Waals surface area contributed by atoms with Crippen LogP contribution >= 0.6 is 11.8 Å². The molecule has 1 fully saturated rings. The minimum atomic E-state index is 0.610. The number of hydrogen-bond acceptors (Lipinski definition) is 4. The van der Waals surface area contributed by atoms with Crippen molar-refractivity contribution in [3.63, 3.8) is 0 Å². The molecule has 0 amide bonds. The number of anilines is 1. The first-order chi connectivity index (χ1) is 9.31. The van der Waals surface area contributed by atoms with Gasteiger partial charge in [0.2, 0.25) is 0 Å². The van der Waals surface area contributed by atoms with Crippen LogP contribution in [0.3, 0.4) is 0 Å². The molecule has 3 nitrogen and oxygen atoms in total. The summed E-state index contributed by atoms with van der Waals surface area (Å²) < 4.78 is 5.24. The Balaban J connectivity index is 1.68. The number of hydrogen-bond donors (Lipinski definition) is 1. The lowest BCUT2D eigenvalue weighted by atomic mass is 10.1. The maximum Gasteiger partial charge on any atom is 0.191 e. The summed E-state index contributed by atoms with van der Waals surface area (Å²) in [5.41, 5.74) is 3.19. The Morgan fingerprint density at radius 2 is 2.16 bits per heavy atom. The van der Waals surface area contributed by atoms with E-state index in [-0.39, 0.29) is 0 Å². The number of thioether (sulfide) groups is 1. The predicted molar refractivity (Wildman–Crippen MR) is 80.6 cm³/mol. The van der Waals surface area contributed by atoms with Crippen LogP contribution in [0.25, 0.3) is 11.3 Å². The third kappa shape index (κ3) is 3.13. The molecule has 1 atom stereocenters. The number of rotatable bonds is 3. The largest absolute Gasteiger partial charge is 0.449 e. The van der Waals surface area contributed by atoms with Crippen molar-refractivity contribution in [1.82, 2.24) is 4.98 Å². The summed E-state index contributed by atoms with van der Waals surface area (Å²) in [4.78, 5) is 4.34. The lowest BCUT2D eigenvalue weighted by molar-refractivity contribution is 0.521. The third-order valence-corrected chi connectivity index (χ3v) is 4.55. The van der Waals surface area contributed by atoms with Crippen molar-refractivity contribution in [3.8, 4) is 11.3 Å². The second-order valence-corrected chi connectivity index (χ2v) is 6.04. The Labute approximate surface area is 117 Å². The Kier molecular flexibility index (Phi) is 3.78. The first-order valence-corrected chi connectivity index (χ1v) is 7.83. The Hall–Kier alpha value is -1.42. The average Bonchev–Trinajstić information content (AvgIpc) is 2.87. The molecule has 0 saturated carbocycles. The van der Waals surface area contributed by atoms with Crippen LogP contribution in [-0.4, -0.2) is 22.5 Å². The van der Waals surface area contributed by atoms with E-state index in [1.54, 1.807) is 6.26 Å². The molecule has 0 radical (unpaired) electrons. The van der Waals surface area contributed by atoms with Gasteiger partial charge in [-0.2, -0.15) is 11.8 Å². The molecule has 2 heterocycles. The van der Waals surface area contributed by atoms with Crippen LogP contribution in [0.2, 0.25) is 0 Å². The number of oxazole rings is 1. The quantitative estimate of drug-likeness (QED) is 0.919. The van der Waals surface area contributed by atoms with Gasteiger partial charge in [-0.3, -0.25) is 0 Å². The molecule has 1 N–H and O–H groups in total. The fraction of sp³-hybridized carbons (Fsp3) is 0.400. The van der Waals surface area contributed by atoms with E-state index in [2.05, 4.69) is 34.6 Å². The van der Waals surface area contributed by atoms with Gasteiger partial charge in [0.15, 0.2) is 5.89 Å². The van der Waals surface area contributed by atoms with E-state index < -0.39 is 0 Å². The summed E-state index contributed by atoms with van der Waals surface area (Å²) in [7, 11) is 0. The van der Waals surface area contributed by atoms with Gasteiger partial charge in [0.05, 0.1) is 0 Å². The van der Waals surface area contributed by atoms with Crippen molar-refractivity contribution in [1.29, 1.82) is 0 Å². The molecule has 2 aromatic rings. The van der Waals surface area contributed by atoms with Crippen molar-refractivity contribution in [2.24, 2.45) is 0 Å². The van der Waals surface area contributed by atoms with Crippen molar-refractivity contribution >= 4 is 17.4 Å². The molecule has 1 aliphatic rings. The Morgan fingerprint density at radius 3 is 2.79 bits per heavy atom. The molecule has 3 rings (SSSR count). The second-order valence-electron chi connectivity index (χ2n) is 4.89. The van der Waals surface area contributed by atoms with E-state index in [1.807, 2.05) is 18.7 Å². The Morgan fingerprint density at radius 1 is 1.32 bits per heavy atom. The van der Waals surface area contributed by atoms with Crippen molar-refractivity contribution < 1.29 is 4.42 Å².